The van der Waals surface area contributed by atoms with E-state index >= 15 is 0 Å². The molecule has 5 nitrogen and oxygen atoms in total. The molecule has 6 heteroatoms. The number of rotatable bonds is 4. The lowest BCUT2D eigenvalue weighted by molar-refractivity contribution is 0.1000. The van der Waals surface area contributed by atoms with Crippen LogP contribution in [0.4, 0.5) is 4.39 Å². The van der Waals surface area contributed by atoms with Gasteiger partial charge in [-0.3, -0.25) is 14.5 Å². The smallest absolute Gasteiger partial charge is 0.250 e. The van der Waals surface area contributed by atoms with Gasteiger partial charge in [-0.25, -0.2) is 4.39 Å². The fourth-order valence-corrected chi connectivity index (χ4v) is 1.42. The first-order valence-corrected chi connectivity index (χ1v) is 5.05. The summed E-state index contributed by atoms with van der Waals surface area (Å²) in [6.07, 6.45) is 4.71. The highest BCUT2D eigenvalue weighted by atomic mass is 19.1. The maximum atomic E-state index is 12.1. The highest BCUT2D eigenvalue weighted by Gasteiger charge is 2.05. The van der Waals surface area contributed by atoms with Gasteiger partial charge >= 0.3 is 0 Å². The number of pyridine rings is 1. The number of carbonyl (C=O) groups excluding carboxylic acids is 1. The van der Waals surface area contributed by atoms with Crippen LogP contribution in [0.2, 0.25) is 0 Å². The van der Waals surface area contributed by atoms with Gasteiger partial charge in [0, 0.05) is 18.0 Å². The van der Waals surface area contributed by atoms with Crippen molar-refractivity contribution in [3.05, 3.63) is 36.3 Å². The predicted molar refractivity (Wildman–Crippen MR) is 60.0 cm³/mol. The molecule has 88 valence electrons. The molecule has 0 spiro atoms. The second kappa shape index (κ2) is 4.73. The fraction of sp³-hybridized carbons (Fsp3) is 0.182. The Morgan fingerprint density at radius 2 is 2.24 bits per heavy atom. The summed E-state index contributed by atoms with van der Waals surface area (Å²) in [4.78, 5) is 15.0. The van der Waals surface area contributed by atoms with Gasteiger partial charge in [-0.2, -0.15) is 5.10 Å². The Kier molecular flexibility index (Phi) is 3.13. The highest BCUT2D eigenvalue weighted by Crippen LogP contribution is 2.15. The third kappa shape index (κ3) is 2.47. The first-order chi connectivity index (χ1) is 8.20. The number of hydrogen-bond acceptors (Lipinski definition) is 3. The maximum absolute atomic E-state index is 12.1. The monoisotopic (exact) mass is 234 g/mol. The summed E-state index contributed by atoms with van der Waals surface area (Å²) < 4.78 is 13.6. The van der Waals surface area contributed by atoms with Crippen LogP contribution in [0.5, 0.6) is 0 Å². The molecule has 2 rings (SSSR count). The Morgan fingerprint density at radius 3 is 2.82 bits per heavy atom. The number of nitrogens with two attached hydrogens (primary N) is 1. The maximum Gasteiger partial charge on any atom is 0.250 e. The molecule has 0 aliphatic heterocycles. The van der Waals surface area contributed by atoms with Crippen LogP contribution in [0.3, 0.4) is 0 Å². The van der Waals surface area contributed by atoms with Crippen molar-refractivity contribution in [3.8, 4) is 11.3 Å². The number of amides is 1. The summed E-state index contributed by atoms with van der Waals surface area (Å²) in [5, 5.41) is 3.98. The number of aryl methyl sites for hydroxylation is 1. The third-order valence-electron chi connectivity index (χ3n) is 2.29. The lowest BCUT2D eigenvalue weighted by Gasteiger charge is -1.98. The molecule has 17 heavy (non-hydrogen) atoms. The molecule has 0 aromatic carbocycles. The van der Waals surface area contributed by atoms with E-state index in [1.807, 2.05) is 0 Å². The summed E-state index contributed by atoms with van der Waals surface area (Å²) in [6.45, 7) is -0.242. The van der Waals surface area contributed by atoms with Crippen molar-refractivity contribution >= 4 is 5.91 Å². The van der Waals surface area contributed by atoms with Crippen LogP contribution in [0, 0.1) is 0 Å². The Labute approximate surface area is 97.1 Å². The molecule has 0 saturated heterocycles. The number of aromatic nitrogens is 3. The number of nitrogens with zero attached hydrogens (tertiary/aromatic N) is 3. The van der Waals surface area contributed by atoms with Crippen LogP contribution in [0.15, 0.2) is 30.7 Å². The number of hydrogen-bond donors (Lipinski definition) is 1. The minimum absolute atomic E-state index is 0.222. The first kappa shape index (κ1) is 11.3. The van der Waals surface area contributed by atoms with Gasteiger partial charge < -0.3 is 5.73 Å². The molecule has 2 N–H and O–H groups in total. The van der Waals surface area contributed by atoms with Crippen molar-refractivity contribution < 1.29 is 9.18 Å². The van der Waals surface area contributed by atoms with E-state index in [1.54, 1.807) is 24.5 Å². The van der Waals surface area contributed by atoms with E-state index in [0.29, 0.717) is 11.3 Å². The van der Waals surface area contributed by atoms with Gasteiger partial charge in [0.1, 0.15) is 6.67 Å². The first-order valence-electron chi connectivity index (χ1n) is 5.05. The van der Waals surface area contributed by atoms with E-state index in [-0.39, 0.29) is 6.54 Å². The van der Waals surface area contributed by atoms with Crippen LogP contribution < -0.4 is 5.73 Å². The Hall–Kier alpha value is -2.24. The minimum Gasteiger partial charge on any atom is -0.366 e. The van der Waals surface area contributed by atoms with Gasteiger partial charge in [0.2, 0.25) is 5.91 Å². The van der Waals surface area contributed by atoms with Gasteiger partial charge in [-0.1, -0.05) is 0 Å². The molecule has 0 fully saturated rings. The third-order valence-corrected chi connectivity index (χ3v) is 2.29. The van der Waals surface area contributed by atoms with Gasteiger partial charge in [0.25, 0.3) is 0 Å². The zero-order valence-electron chi connectivity index (χ0n) is 9.01. The van der Waals surface area contributed by atoms with E-state index in [1.165, 1.54) is 10.9 Å². The number of alkyl halides is 1. The number of halogens is 1. The van der Waals surface area contributed by atoms with E-state index in [9.17, 15) is 9.18 Å². The standard InChI is InChI=1S/C11H11FN4O/c12-3-4-16-7-9(6-15-16)10-2-1-8(5-14-10)11(13)17/h1-2,5-7H,3-4H2,(H2,13,17). The Bertz CT molecular complexity index is 521. The highest BCUT2D eigenvalue weighted by molar-refractivity contribution is 5.92. The molecular weight excluding hydrogens is 223 g/mol. The average molecular weight is 234 g/mol. The second-order valence-corrected chi connectivity index (χ2v) is 3.48. The van der Waals surface area contributed by atoms with E-state index < -0.39 is 12.6 Å². The molecule has 2 aromatic heterocycles. The van der Waals surface area contributed by atoms with Crippen molar-refractivity contribution in [2.75, 3.05) is 6.67 Å². The van der Waals surface area contributed by atoms with Crippen LogP contribution in [0.25, 0.3) is 11.3 Å². The van der Waals surface area contributed by atoms with Gasteiger partial charge in [0.15, 0.2) is 0 Å². The Balaban J connectivity index is 2.23. The Morgan fingerprint density at radius 1 is 1.41 bits per heavy atom. The average Bonchev–Trinajstić information content (AvgIpc) is 2.78. The van der Waals surface area contributed by atoms with Gasteiger partial charge in [-0.15, -0.1) is 0 Å². The normalized spacial score (nSPS) is 10.4. The second-order valence-electron chi connectivity index (χ2n) is 3.48. The summed E-state index contributed by atoms with van der Waals surface area (Å²) in [5.41, 5.74) is 6.90. The molecule has 0 aliphatic carbocycles. The summed E-state index contributed by atoms with van der Waals surface area (Å²) >= 11 is 0. The largest absolute Gasteiger partial charge is 0.366 e. The predicted octanol–water partition coefficient (Wildman–Crippen LogP) is 1.01. The van der Waals surface area contributed by atoms with E-state index in [4.69, 9.17) is 5.73 Å². The molecule has 0 saturated carbocycles. The summed E-state index contributed by atoms with van der Waals surface area (Å²) in [7, 11) is 0. The molecule has 1 amide bonds. The van der Waals surface area contributed by atoms with Crippen molar-refractivity contribution in [2.24, 2.45) is 5.73 Å². The zero-order chi connectivity index (χ0) is 12.3. The fourth-order valence-electron chi connectivity index (χ4n) is 1.42. The summed E-state index contributed by atoms with van der Waals surface area (Å²) in [5.74, 6) is -0.517. The SMILES string of the molecule is NC(=O)c1ccc(-c2cnn(CCF)c2)nc1. The topological polar surface area (TPSA) is 73.8 Å². The van der Waals surface area contributed by atoms with Crippen LogP contribution in [-0.2, 0) is 6.54 Å². The lowest BCUT2D eigenvalue weighted by Crippen LogP contribution is -2.10. The molecule has 0 unspecified atom stereocenters. The van der Waals surface area contributed by atoms with Gasteiger partial charge in [-0.05, 0) is 12.1 Å². The molecule has 0 bridgehead atoms. The molecule has 0 radical (unpaired) electrons. The van der Waals surface area contributed by atoms with Crippen LogP contribution in [0.1, 0.15) is 10.4 Å². The van der Waals surface area contributed by atoms with E-state index in [0.717, 1.165) is 5.56 Å². The molecule has 0 aliphatic rings. The van der Waals surface area contributed by atoms with Crippen molar-refractivity contribution in [1.29, 1.82) is 0 Å². The van der Waals surface area contributed by atoms with Crippen molar-refractivity contribution in [3.63, 3.8) is 0 Å². The number of carbonyl (C=O) groups is 1. The lowest BCUT2D eigenvalue weighted by atomic mass is 10.2. The quantitative estimate of drug-likeness (QED) is 0.858. The molecule has 2 heterocycles. The summed E-state index contributed by atoms with van der Waals surface area (Å²) in [6, 6.07) is 3.27. The van der Waals surface area contributed by atoms with E-state index in [2.05, 4.69) is 10.1 Å². The van der Waals surface area contributed by atoms with Gasteiger partial charge in [0.05, 0.1) is 24.0 Å². The van der Waals surface area contributed by atoms with Crippen molar-refractivity contribution in [2.45, 2.75) is 6.54 Å². The molecule has 2 aromatic rings. The van der Waals surface area contributed by atoms with Crippen LogP contribution >= 0.6 is 0 Å². The number of primary amides is 1. The zero-order valence-corrected chi connectivity index (χ0v) is 9.01. The van der Waals surface area contributed by atoms with Crippen LogP contribution in [-0.4, -0.2) is 27.3 Å². The minimum atomic E-state index is -0.517. The van der Waals surface area contributed by atoms with Crippen molar-refractivity contribution in [1.82, 2.24) is 14.8 Å². The molecular formula is C11H11FN4O. The molecule has 0 atom stereocenters.